The predicted octanol–water partition coefficient (Wildman–Crippen LogP) is 1.64. The lowest BCUT2D eigenvalue weighted by Gasteiger charge is -2.12. The molecule has 3 amide bonds. The molecule has 1 fully saturated rings. The van der Waals surface area contributed by atoms with Crippen molar-refractivity contribution < 1.29 is 23.9 Å². The second-order valence-corrected chi connectivity index (χ2v) is 5.40. The maximum Gasteiger partial charge on any atom is 0.326 e. The first kappa shape index (κ1) is 17.9. The predicted molar refractivity (Wildman–Crippen MR) is 86.1 cm³/mol. The second kappa shape index (κ2) is 9.02. The van der Waals surface area contributed by atoms with Gasteiger partial charge in [0.15, 0.2) is 0 Å². The summed E-state index contributed by atoms with van der Waals surface area (Å²) in [4.78, 5) is 36.9. The molecule has 7 heteroatoms. The van der Waals surface area contributed by atoms with Gasteiger partial charge in [-0.05, 0) is 12.0 Å². The highest BCUT2D eigenvalue weighted by molar-refractivity contribution is 6.06. The minimum absolute atomic E-state index is 0.105. The average Bonchev–Trinajstić information content (AvgIpc) is 2.87. The Morgan fingerprint density at radius 2 is 1.92 bits per heavy atom. The van der Waals surface area contributed by atoms with Gasteiger partial charge in [-0.1, -0.05) is 43.7 Å². The molecule has 1 saturated heterocycles. The number of hydrogen-bond acceptors (Lipinski definition) is 5. The molecular weight excluding hydrogens is 312 g/mol. The molecule has 1 aromatic rings. The van der Waals surface area contributed by atoms with Gasteiger partial charge < -0.3 is 14.8 Å². The zero-order valence-electron chi connectivity index (χ0n) is 13.7. The third kappa shape index (κ3) is 4.79. The van der Waals surface area contributed by atoms with Gasteiger partial charge in [-0.2, -0.15) is 0 Å². The number of hydrogen-bond donors (Lipinski definition) is 1. The van der Waals surface area contributed by atoms with Crippen molar-refractivity contribution >= 4 is 17.9 Å². The molecular formula is C17H22N2O5. The fourth-order valence-corrected chi connectivity index (χ4v) is 2.28. The number of nitrogens with one attached hydrogen (secondary N) is 1. The van der Waals surface area contributed by atoms with Crippen LogP contribution >= 0.6 is 0 Å². The van der Waals surface area contributed by atoms with Crippen molar-refractivity contribution in [1.29, 1.82) is 0 Å². The van der Waals surface area contributed by atoms with E-state index < -0.39 is 30.5 Å². The van der Waals surface area contributed by atoms with Gasteiger partial charge in [0, 0.05) is 6.61 Å². The minimum Gasteiger partial charge on any atom is -0.462 e. The number of benzene rings is 1. The number of carbonyl (C=O) groups is 3. The molecule has 0 saturated carbocycles. The van der Waals surface area contributed by atoms with Crippen molar-refractivity contribution in [2.75, 3.05) is 26.4 Å². The number of carbonyl (C=O) groups excluding carboxylic acids is 3. The molecule has 0 bridgehead atoms. The van der Waals surface area contributed by atoms with E-state index in [1.54, 1.807) is 24.3 Å². The van der Waals surface area contributed by atoms with E-state index in [9.17, 15) is 14.4 Å². The molecule has 1 aliphatic rings. The molecule has 1 aliphatic heterocycles. The van der Waals surface area contributed by atoms with Crippen molar-refractivity contribution in [1.82, 2.24) is 10.2 Å². The van der Waals surface area contributed by atoms with Crippen molar-refractivity contribution in [3.63, 3.8) is 0 Å². The normalized spacial score (nSPS) is 17.0. The lowest BCUT2D eigenvalue weighted by atomic mass is 10.1. The van der Waals surface area contributed by atoms with Crippen LogP contribution in [0.4, 0.5) is 4.79 Å². The zero-order chi connectivity index (χ0) is 17.4. The molecule has 1 atom stereocenters. The number of esters is 1. The Bertz CT molecular complexity index is 576. The first-order valence-corrected chi connectivity index (χ1v) is 8.03. The standard InChI is InChI=1S/C17H22N2O5/c1-2-3-9-23-10-11-24-14(20)12-19-16(21)15(18-17(19)22)13-7-5-4-6-8-13/h4-8,15H,2-3,9-12H2,1H3,(H,18,22). The van der Waals surface area contributed by atoms with Gasteiger partial charge in [0.2, 0.25) is 0 Å². The second-order valence-electron chi connectivity index (χ2n) is 5.40. The monoisotopic (exact) mass is 334 g/mol. The van der Waals surface area contributed by atoms with Crippen LogP contribution in [0.2, 0.25) is 0 Å². The van der Waals surface area contributed by atoms with E-state index >= 15 is 0 Å². The third-order valence-electron chi connectivity index (χ3n) is 3.58. The van der Waals surface area contributed by atoms with E-state index in [0.717, 1.165) is 17.7 Å². The smallest absolute Gasteiger partial charge is 0.326 e. The summed E-state index contributed by atoms with van der Waals surface area (Å²) in [7, 11) is 0. The average molecular weight is 334 g/mol. The molecule has 0 aromatic heterocycles. The molecule has 1 unspecified atom stereocenters. The summed E-state index contributed by atoms with van der Waals surface area (Å²) in [5.41, 5.74) is 0.677. The van der Waals surface area contributed by atoms with Crippen LogP contribution in [-0.2, 0) is 19.1 Å². The quantitative estimate of drug-likeness (QED) is 0.421. The van der Waals surface area contributed by atoms with Gasteiger partial charge in [0.25, 0.3) is 5.91 Å². The van der Waals surface area contributed by atoms with Gasteiger partial charge >= 0.3 is 12.0 Å². The number of nitrogens with zero attached hydrogens (tertiary/aromatic N) is 1. The Morgan fingerprint density at radius 1 is 1.17 bits per heavy atom. The first-order valence-electron chi connectivity index (χ1n) is 8.03. The molecule has 2 rings (SSSR count). The number of imide groups is 1. The Hall–Kier alpha value is -2.41. The summed E-state index contributed by atoms with van der Waals surface area (Å²) >= 11 is 0. The number of unbranched alkanes of at least 4 members (excludes halogenated alkanes) is 1. The molecule has 24 heavy (non-hydrogen) atoms. The van der Waals surface area contributed by atoms with Crippen LogP contribution in [0.3, 0.4) is 0 Å². The van der Waals surface area contributed by atoms with E-state index in [2.05, 4.69) is 12.2 Å². The largest absolute Gasteiger partial charge is 0.462 e. The van der Waals surface area contributed by atoms with E-state index in [4.69, 9.17) is 9.47 Å². The molecule has 130 valence electrons. The summed E-state index contributed by atoms with van der Waals surface area (Å²) in [6, 6.07) is 7.53. The molecule has 1 aromatic carbocycles. The Kier molecular flexibility index (Phi) is 6.74. The summed E-state index contributed by atoms with van der Waals surface area (Å²) in [5.74, 6) is -1.09. The van der Waals surface area contributed by atoms with Gasteiger partial charge in [-0.3, -0.25) is 14.5 Å². The molecule has 0 radical (unpaired) electrons. The Morgan fingerprint density at radius 3 is 2.62 bits per heavy atom. The number of ether oxygens (including phenoxy) is 2. The summed E-state index contributed by atoms with van der Waals surface area (Å²) in [5, 5.41) is 2.57. The van der Waals surface area contributed by atoms with E-state index in [1.807, 2.05) is 6.07 Å². The number of amides is 3. The Balaban J connectivity index is 1.79. The maximum absolute atomic E-state index is 12.3. The highest BCUT2D eigenvalue weighted by Gasteiger charge is 2.40. The van der Waals surface area contributed by atoms with Crippen LogP contribution in [0, 0.1) is 0 Å². The van der Waals surface area contributed by atoms with Crippen LogP contribution in [0.15, 0.2) is 30.3 Å². The van der Waals surface area contributed by atoms with Gasteiger partial charge in [-0.15, -0.1) is 0 Å². The minimum atomic E-state index is -0.760. The van der Waals surface area contributed by atoms with E-state index in [-0.39, 0.29) is 6.61 Å². The highest BCUT2D eigenvalue weighted by atomic mass is 16.6. The number of urea groups is 1. The summed E-state index contributed by atoms with van der Waals surface area (Å²) in [6.07, 6.45) is 1.99. The van der Waals surface area contributed by atoms with Gasteiger partial charge in [0.1, 0.15) is 19.2 Å². The lowest BCUT2D eigenvalue weighted by Crippen LogP contribution is -2.36. The molecule has 0 spiro atoms. The molecule has 7 nitrogen and oxygen atoms in total. The van der Waals surface area contributed by atoms with Gasteiger partial charge in [0.05, 0.1) is 6.61 Å². The van der Waals surface area contributed by atoms with Crippen LogP contribution in [0.25, 0.3) is 0 Å². The van der Waals surface area contributed by atoms with Crippen molar-refractivity contribution in [2.45, 2.75) is 25.8 Å². The SMILES string of the molecule is CCCCOCCOC(=O)CN1C(=O)NC(c2ccccc2)C1=O. The van der Waals surface area contributed by atoms with Crippen LogP contribution < -0.4 is 5.32 Å². The van der Waals surface area contributed by atoms with Crippen molar-refractivity contribution in [2.24, 2.45) is 0 Å². The molecule has 1 heterocycles. The molecule has 1 N–H and O–H groups in total. The number of rotatable bonds is 9. The Labute approximate surface area is 140 Å². The topological polar surface area (TPSA) is 84.9 Å². The summed E-state index contributed by atoms with van der Waals surface area (Å²) < 4.78 is 10.3. The van der Waals surface area contributed by atoms with Crippen molar-refractivity contribution in [3.05, 3.63) is 35.9 Å². The fraction of sp³-hybridized carbons (Fsp3) is 0.471. The van der Waals surface area contributed by atoms with Crippen molar-refractivity contribution in [3.8, 4) is 0 Å². The van der Waals surface area contributed by atoms with Crippen LogP contribution in [0.1, 0.15) is 31.4 Å². The van der Waals surface area contributed by atoms with Crippen LogP contribution in [0.5, 0.6) is 0 Å². The first-order chi connectivity index (χ1) is 11.6. The van der Waals surface area contributed by atoms with E-state index in [1.165, 1.54) is 0 Å². The zero-order valence-corrected chi connectivity index (χ0v) is 13.7. The van der Waals surface area contributed by atoms with Crippen LogP contribution in [-0.4, -0.2) is 49.2 Å². The fourth-order valence-electron chi connectivity index (χ4n) is 2.28. The highest BCUT2D eigenvalue weighted by Crippen LogP contribution is 2.21. The molecule has 0 aliphatic carbocycles. The summed E-state index contributed by atoms with van der Waals surface area (Å²) in [6.45, 7) is 2.69. The maximum atomic E-state index is 12.3. The third-order valence-corrected chi connectivity index (χ3v) is 3.58. The van der Waals surface area contributed by atoms with Gasteiger partial charge in [-0.25, -0.2) is 4.79 Å². The van der Waals surface area contributed by atoms with E-state index in [0.29, 0.717) is 18.8 Å². The lowest BCUT2D eigenvalue weighted by molar-refractivity contribution is -0.148.